The fourth-order valence-electron chi connectivity index (χ4n) is 4.61. The number of carbonyl (C=O) groups excluding carboxylic acids is 2. The first-order valence-corrected chi connectivity index (χ1v) is 13.9. The summed E-state index contributed by atoms with van der Waals surface area (Å²) in [6.45, 7) is 7.04. The van der Waals surface area contributed by atoms with Crippen LogP contribution in [0.25, 0.3) is 16.0 Å². The Hall–Kier alpha value is -4.17. The number of ketones is 1. The lowest BCUT2D eigenvalue weighted by Crippen LogP contribution is -2.29. The lowest BCUT2D eigenvalue weighted by molar-refractivity contribution is -0.132. The molecule has 0 aliphatic carbocycles. The number of nitrogens with zero attached hydrogens (tertiary/aromatic N) is 2. The Kier molecular flexibility index (Phi) is 7.65. The second kappa shape index (κ2) is 11.3. The van der Waals surface area contributed by atoms with E-state index in [1.807, 2.05) is 56.3 Å². The molecule has 0 radical (unpaired) electrons. The van der Waals surface area contributed by atoms with Crippen LogP contribution in [0, 0.1) is 6.92 Å². The largest absolute Gasteiger partial charge is 0.507 e. The molecule has 8 heteroatoms. The Morgan fingerprint density at radius 2 is 1.79 bits per heavy atom. The summed E-state index contributed by atoms with van der Waals surface area (Å²) in [5.74, 6) is -0.474. The highest BCUT2D eigenvalue weighted by Gasteiger charge is 2.48. The Balaban J connectivity index is 1.65. The van der Waals surface area contributed by atoms with Gasteiger partial charge in [0.2, 0.25) is 0 Å². The number of aryl methyl sites for hydroxylation is 1. The van der Waals surface area contributed by atoms with Gasteiger partial charge in [0.25, 0.3) is 5.78 Å². The van der Waals surface area contributed by atoms with Crippen LogP contribution in [0.2, 0.25) is 0 Å². The molecule has 5 rings (SSSR count). The van der Waals surface area contributed by atoms with E-state index in [9.17, 15) is 14.7 Å². The summed E-state index contributed by atoms with van der Waals surface area (Å²) in [6, 6.07) is 19.1. The predicted octanol–water partition coefficient (Wildman–Crippen LogP) is 6.81. The molecule has 1 aromatic heterocycles. The second-order valence-electron chi connectivity index (χ2n) is 9.37. The summed E-state index contributed by atoms with van der Waals surface area (Å²) in [6.07, 6.45) is 1.91. The number of hydrogen-bond acceptors (Lipinski definition) is 7. The molecule has 1 fully saturated rings. The minimum Gasteiger partial charge on any atom is -0.507 e. The molecule has 7 nitrogen and oxygen atoms in total. The van der Waals surface area contributed by atoms with Crippen LogP contribution in [0.5, 0.6) is 11.5 Å². The monoisotopic (exact) mass is 542 g/mol. The zero-order chi connectivity index (χ0) is 27.5. The number of fused-ring (bicyclic) bond motifs is 1. The Morgan fingerprint density at radius 1 is 1.00 bits per heavy atom. The molecule has 1 unspecified atom stereocenters. The van der Waals surface area contributed by atoms with Crippen LogP contribution in [0.15, 0.2) is 72.3 Å². The van der Waals surface area contributed by atoms with Crippen LogP contribution in [0.3, 0.4) is 0 Å². The Labute approximate surface area is 231 Å². The van der Waals surface area contributed by atoms with E-state index in [-0.39, 0.29) is 11.3 Å². The quantitative estimate of drug-likeness (QED) is 0.108. The molecule has 1 atom stereocenters. The number of carbonyl (C=O) groups is 2. The van der Waals surface area contributed by atoms with E-state index in [1.54, 1.807) is 24.3 Å². The zero-order valence-corrected chi connectivity index (χ0v) is 23.0. The third-order valence-electron chi connectivity index (χ3n) is 6.56. The smallest absolute Gasteiger partial charge is 0.301 e. The lowest BCUT2D eigenvalue weighted by atomic mass is 9.95. The lowest BCUT2D eigenvalue weighted by Gasteiger charge is -2.23. The normalized spacial score (nSPS) is 16.7. The number of rotatable bonds is 9. The summed E-state index contributed by atoms with van der Waals surface area (Å²) in [4.78, 5) is 33.2. The first-order chi connectivity index (χ1) is 18.9. The van der Waals surface area contributed by atoms with Gasteiger partial charge in [0.1, 0.15) is 17.3 Å². The maximum atomic E-state index is 13.6. The standard InChI is InChI=1S/C31H30N2O5S/c1-4-6-16-38-23-9-7-8-21(18-23)27-26(28(34)20-11-13-22(14-12-20)37-5-2)29(35)30(36)33(27)31-32-24-15-10-19(3)17-25(24)39-31/h7-15,17-18,27,34H,4-6,16H2,1-3H3/b28-26+. The van der Waals surface area contributed by atoms with Crippen molar-refractivity contribution in [2.75, 3.05) is 18.1 Å². The minimum absolute atomic E-state index is 0.00491. The number of anilines is 1. The van der Waals surface area contributed by atoms with Crippen molar-refractivity contribution >= 4 is 44.1 Å². The van der Waals surface area contributed by atoms with Crippen molar-refractivity contribution in [1.82, 2.24) is 4.98 Å². The molecule has 1 aliphatic heterocycles. The molecule has 4 aromatic rings. The molecule has 1 aliphatic rings. The van der Waals surface area contributed by atoms with E-state index >= 15 is 0 Å². The number of thiazole rings is 1. The molecule has 1 saturated heterocycles. The molecule has 200 valence electrons. The van der Waals surface area contributed by atoms with E-state index in [0.29, 0.717) is 41.0 Å². The van der Waals surface area contributed by atoms with Crippen molar-refractivity contribution in [3.63, 3.8) is 0 Å². The fourth-order valence-corrected chi connectivity index (χ4v) is 5.70. The Morgan fingerprint density at radius 3 is 2.54 bits per heavy atom. The average Bonchev–Trinajstić information content (AvgIpc) is 3.46. The van der Waals surface area contributed by atoms with Crippen LogP contribution >= 0.6 is 11.3 Å². The number of aromatic nitrogens is 1. The number of aliphatic hydroxyl groups is 1. The van der Waals surface area contributed by atoms with E-state index in [4.69, 9.17) is 14.5 Å². The summed E-state index contributed by atoms with van der Waals surface area (Å²) in [7, 11) is 0. The van der Waals surface area contributed by atoms with E-state index in [1.165, 1.54) is 16.2 Å². The summed E-state index contributed by atoms with van der Waals surface area (Å²) >= 11 is 1.34. The SMILES string of the molecule is CCCCOc1cccc(C2/C(=C(\O)c3ccc(OCC)cc3)C(=O)C(=O)N2c2nc3ccc(C)cc3s2)c1. The molecule has 0 spiro atoms. The molecule has 0 saturated carbocycles. The zero-order valence-electron chi connectivity index (χ0n) is 22.1. The highest BCUT2D eigenvalue weighted by atomic mass is 32.1. The van der Waals surface area contributed by atoms with Gasteiger partial charge in [0.15, 0.2) is 5.13 Å². The van der Waals surface area contributed by atoms with Gasteiger partial charge in [-0.2, -0.15) is 0 Å². The van der Waals surface area contributed by atoms with Gasteiger partial charge in [-0.05, 0) is 79.9 Å². The van der Waals surface area contributed by atoms with Gasteiger partial charge >= 0.3 is 5.91 Å². The number of benzene rings is 3. The number of hydrogen-bond donors (Lipinski definition) is 1. The number of amides is 1. The molecule has 1 amide bonds. The van der Waals surface area contributed by atoms with Crippen molar-refractivity contribution in [3.8, 4) is 11.5 Å². The third kappa shape index (κ3) is 5.25. The molecule has 1 N–H and O–H groups in total. The van der Waals surface area contributed by atoms with Gasteiger partial charge in [0, 0.05) is 5.56 Å². The van der Waals surface area contributed by atoms with E-state index in [2.05, 4.69) is 6.92 Å². The van der Waals surface area contributed by atoms with Gasteiger partial charge < -0.3 is 14.6 Å². The van der Waals surface area contributed by atoms with Crippen molar-refractivity contribution in [2.24, 2.45) is 0 Å². The van der Waals surface area contributed by atoms with Crippen LogP contribution < -0.4 is 14.4 Å². The van der Waals surface area contributed by atoms with Crippen LogP contribution in [0.4, 0.5) is 5.13 Å². The molecule has 39 heavy (non-hydrogen) atoms. The first-order valence-electron chi connectivity index (χ1n) is 13.1. The van der Waals surface area contributed by atoms with Crippen molar-refractivity contribution in [3.05, 3.63) is 89.0 Å². The van der Waals surface area contributed by atoms with Gasteiger partial charge in [-0.1, -0.05) is 42.9 Å². The van der Waals surface area contributed by atoms with Crippen LogP contribution in [0.1, 0.15) is 49.4 Å². The highest BCUT2D eigenvalue weighted by molar-refractivity contribution is 7.22. The fraction of sp³-hybridized carbons (Fsp3) is 0.258. The average molecular weight is 543 g/mol. The van der Waals surface area contributed by atoms with Gasteiger partial charge in [0.05, 0.1) is 35.0 Å². The summed E-state index contributed by atoms with van der Waals surface area (Å²) < 4.78 is 12.3. The first kappa shape index (κ1) is 26.4. The van der Waals surface area contributed by atoms with Gasteiger partial charge in [-0.15, -0.1) is 0 Å². The van der Waals surface area contributed by atoms with Crippen molar-refractivity contribution in [1.29, 1.82) is 0 Å². The van der Waals surface area contributed by atoms with Crippen molar-refractivity contribution in [2.45, 2.75) is 39.7 Å². The number of ether oxygens (including phenoxy) is 2. The van der Waals surface area contributed by atoms with Crippen molar-refractivity contribution < 1.29 is 24.2 Å². The molecule has 3 aromatic carbocycles. The summed E-state index contributed by atoms with van der Waals surface area (Å²) in [5, 5.41) is 11.8. The number of aliphatic hydroxyl groups excluding tert-OH is 1. The van der Waals surface area contributed by atoms with Gasteiger partial charge in [-0.25, -0.2) is 4.98 Å². The number of Topliss-reactive ketones (excluding diaryl/α,β-unsaturated/α-hetero) is 1. The molecular formula is C31H30N2O5S. The Bertz CT molecular complexity index is 1560. The van der Waals surface area contributed by atoms with Crippen LogP contribution in [-0.4, -0.2) is 35.0 Å². The van der Waals surface area contributed by atoms with E-state index in [0.717, 1.165) is 28.6 Å². The second-order valence-corrected chi connectivity index (χ2v) is 10.4. The third-order valence-corrected chi connectivity index (χ3v) is 7.58. The molecule has 2 heterocycles. The molecular weight excluding hydrogens is 512 g/mol. The number of unbranched alkanes of at least 4 members (excludes halogenated alkanes) is 1. The maximum absolute atomic E-state index is 13.6. The maximum Gasteiger partial charge on any atom is 0.301 e. The van der Waals surface area contributed by atoms with Gasteiger partial charge in [-0.3, -0.25) is 14.5 Å². The molecule has 0 bridgehead atoms. The summed E-state index contributed by atoms with van der Waals surface area (Å²) in [5.41, 5.74) is 2.88. The minimum atomic E-state index is -0.882. The topological polar surface area (TPSA) is 89.0 Å². The predicted molar refractivity (Wildman–Crippen MR) is 154 cm³/mol. The van der Waals surface area contributed by atoms with E-state index < -0.39 is 17.7 Å². The highest BCUT2D eigenvalue weighted by Crippen LogP contribution is 2.45. The van der Waals surface area contributed by atoms with Crippen LogP contribution in [-0.2, 0) is 9.59 Å².